The zero-order chi connectivity index (χ0) is 21.8. The summed E-state index contributed by atoms with van der Waals surface area (Å²) in [6, 6.07) is 4.66. The van der Waals surface area contributed by atoms with Crippen LogP contribution in [0.2, 0.25) is 0 Å². The van der Waals surface area contributed by atoms with Gasteiger partial charge < -0.3 is 25.0 Å². The molecule has 1 aromatic rings. The molecule has 0 saturated carbocycles. The van der Waals surface area contributed by atoms with Crippen LogP contribution in [0.3, 0.4) is 0 Å². The first-order chi connectivity index (χ1) is 14.5. The summed E-state index contributed by atoms with van der Waals surface area (Å²) in [5.41, 5.74) is 0.502. The molecule has 168 valence electrons. The molecule has 0 bridgehead atoms. The van der Waals surface area contributed by atoms with Crippen LogP contribution >= 0.6 is 0 Å². The molecule has 1 aliphatic rings. The lowest BCUT2D eigenvalue weighted by Crippen LogP contribution is -2.39. The Balaban J connectivity index is 1.92. The Kier molecular flexibility index (Phi) is 10.2. The topological polar surface area (TPSA) is 75.2 Å². The van der Waals surface area contributed by atoms with Crippen LogP contribution in [0.1, 0.15) is 44.6 Å². The average Bonchev–Trinajstić information content (AvgIpc) is 2.93. The Morgan fingerprint density at radius 3 is 2.83 bits per heavy atom. The maximum atomic E-state index is 12.7. The van der Waals surface area contributed by atoms with Gasteiger partial charge in [0.1, 0.15) is 11.5 Å². The standard InChI is InChI=1S/C21H32F2N4O3/c1-3-24-21(25-11-7-13-27-12-6-4-5-8-19(27)28)26-15-16-14-17(29-2)9-10-18(16)30-20(22)23/h9-10,14,20H,3-8,11-13,15H2,1-2H3,(H2,24,25,26). The minimum Gasteiger partial charge on any atom is -0.497 e. The number of benzene rings is 1. The molecule has 0 aromatic heterocycles. The highest BCUT2D eigenvalue weighted by molar-refractivity contribution is 5.79. The first-order valence-corrected chi connectivity index (χ1v) is 10.4. The fraction of sp³-hybridized carbons (Fsp3) is 0.619. The number of ether oxygens (including phenoxy) is 2. The second-order valence-corrected chi connectivity index (χ2v) is 7.02. The van der Waals surface area contributed by atoms with E-state index >= 15 is 0 Å². The highest BCUT2D eigenvalue weighted by Gasteiger charge is 2.16. The number of nitrogens with one attached hydrogen (secondary N) is 2. The van der Waals surface area contributed by atoms with Gasteiger partial charge in [0, 0.05) is 38.2 Å². The third kappa shape index (κ3) is 8.04. The van der Waals surface area contributed by atoms with Gasteiger partial charge in [0.05, 0.1) is 13.7 Å². The number of carbonyl (C=O) groups is 1. The van der Waals surface area contributed by atoms with Gasteiger partial charge in [-0.25, -0.2) is 4.99 Å². The molecule has 0 unspecified atom stereocenters. The van der Waals surface area contributed by atoms with Crippen molar-refractivity contribution in [3.8, 4) is 11.5 Å². The molecule has 9 heteroatoms. The number of nitrogens with zero attached hydrogens (tertiary/aromatic N) is 2. The molecule has 0 atom stereocenters. The van der Waals surface area contributed by atoms with E-state index in [1.165, 1.54) is 13.2 Å². The third-order valence-electron chi connectivity index (χ3n) is 4.80. The Hall–Kier alpha value is -2.58. The minimum atomic E-state index is -2.91. The Bertz CT molecular complexity index is 701. The monoisotopic (exact) mass is 426 g/mol. The summed E-state index contributed by atoms with van der Waals surface area (Å²) in [6.45, 7) is 2.05. The number of halogens is 2. The van der Waals surface area contributed by atoms with Crippen LogP contribution in [0.15, 0.2) is 23.2 Å². The van der Waals surface area contributed by atoms with Crippen LogP contribution in [0.4, 0.5) is 8.78 Å². The summed E-state index contributed by atoms with van der Waals surface area (Å²) >= 11 is 0. The number of amides is 1. The maximum Gasteiger partial charge on any atom is 0.387 e. The number of alkyl halides is 2. The molecule has 1 aliphatic heterocycles. The molecule has 1 heterocycles. The van der Waals surface area contributed by atoms with Gasteiger partial charge >= 0.3 is 6.61 Å². The van der Waals surface area contributed by atoms with E-state index in [0.29, 0.717) is 43.3 Å². The van der Waals surface area contributed by atoms with Crippen LogP contribution in [0, 0.1) is 0 Å². The van der Waals surface area contributed by atoms with E-state index in [1.807, 2.05) is 11.8 Å². The van der Waals surface area contributed by atoms with Gasteiger partial charge in [-0.15, -0.1) is 0 Å². The largest absolute Gasteiger partial charge is 0.497 e. The number of methoxy groups -OCH3 is 1. The van der Waals surface area contributed by atoms with Crippen molar-refractivity contribution >= 4 is 11.9 Å². The summed E-state index contributed by atoms with van der Waals surface area (Å²) in [7, 11) is 1.51. The molecular weight excluding hydrogens is 394 g/mol. The highest BCUT2D eigenvalue weighted by Crippen LogP contribution is 2.26. The molecule has 0 aliphatic carbocycles. The molecule has 2 rings (SSSR count). The Morgan fingerprint density at radius 1 is 1.27 bits per heavy atom. The molecule has 7 nitrogen and oxygen atoms in total. The Labute approximate surface area is 176 Å². The van der Waals surface area contributed by atoms with Crippen LogP contribution in [-0.4, -0.2) is 56.7 Å². The molecular formula is C21H32F2N4O3. The fourth-order valence-electron chi connectivity index (χ4n) is 3.27. The van der Waals surface area contributed by atoms with E-state index in [4.69, 9.17) is 4.74 Å². The van der Waals surface area contributed by atoms with Crippen molar-refractivity contribution in [2.24, 2.45) is 4.99 Å². The van der Waals surface area contributed by atoms with Crippen molar-refractivity contribution < 1.29 is 23.0 Å². The van der Waals surface area contributed by atoms with E-state index < -0.39 is 6.61 Å². The number of guanidine groups is 1. The summed E-state index contributed by atoms with van der Waals surface area (Å²) in [5, 5.41) is 6.37. The summed E-state index contributed by atoms with van der Waals surface area (Å²) < 4.78 is 35.1. The van der Waals surface area contributed by atoms with Crippen molar-refractivity contribution in [1.82, 2.24) is 15.5 Å². The van der Waals surface area contributed by atoms with E-state index in [-0.39, 0.29) is 18.2 Å². The van der Waals surface area contributed by atoms with Crippen LogP contribution in [0.25, 0.3) is 0 Å². The minimum absolute atomic E-state index is 0.0741. The normalized spacial score (nSPS) is 15.2. The fourth-order valence-corrected chi connectivity index (χ4v) is 3.27. The number of carbonyl (C=O) groups excluding carboxylic acids is 1. The van der Waals surface area contributed by atoms with Crippen molar-refractivity contribution in [3.05, 3.63) is 23.8 Å². The van der Waals surface area contributed by atoms with E-state index in [9.17, 15) is 13.6 Å². The summed E-state index contributed by atoms with van der Waals surface area (Å²) in [6.07, 6.45) is 4.59. The molecule has 1 saturated heterocycles. The van der Waals surface area contributed by atoms with Crippen LogP contribution in [-0.2, 0) is 11.3 Å². The van der Waals surface area contributed by atoms with Crippen molar-refractivity contribution in [2.45, 2.75) is 52.2 Å². The molecule has 1 aromatic carbocycles. The maximum absolute atomic E-state index is 12.7. The van der Waals surface area contributed by atoms with Crippen LogP contribution < -0.4 is 20.1 Å². The smallest absolute Gasteiger partial charge is 0.387 e. The highest BCUT2D eigenvalue weighted by atomic mass is 19.3. The van der Waals surface area contributed by atoms with Gasteiger partial charge in [-0.1, -0.05) is 6.42 Å². The van der Waals surface area contributed by atoms with Gasteiger partial charge in [-0.2, -0.15) is 8.78 Å². The molecule has 0 spiro atoms. The molecule has 1 fully saturated rings. The van der Waals surface area contributed by atoms with Crippen molar-refractivity contribution in [3.63, 3.8) is 0 Å². The second kappa shape index (κ2) is 12.9. The SMILES string of the molecule is CCNC(=NCc1cc(OC)ccc1OC(F)F)NCCCN1CCCCCC1=O. The van der Waals surface area contributed by atoms with Gasteiger partial charge in [0.2, 0.25) is 5.91 Å². The van der Waals surface area contributed by atoms with Gasteiger partial charge in [-0.3, -0.25) is 4.79 Å². The molecule has 2 N–H and O–H groups in total. The van der Waals surface area contributed by atoms with Crippen molar-refractivity contribution in [2.75, 3.05) is 33.3 Å². The van der Waals surface area contributed by atoms with Gasteiger partial charge in [0.25, 0.3) is 0 Å². The molecule has 1 amide bonds. The summed E-state index contributed by atoms with van der Waals surface area (Å²) in [5.74, 6) is 1.43. The average molecular weight is 427 g/mol. The number of hydrogen-bond acceptors (Lipinski definition) is 4. The Morgan fingerprint density at radius 2 is 2.10 bits per heavy atom. The third-order valence-corrected chi connectivity index (χ3v) is 4.80. The number of likely N-dealkylation sites (tertiary alicyclic amines) is 1. The van der Waals surface area contributed by atoms with Crippen molar-refractivity contribution in [1.29, 1.82) is 0 Å². The number of aliphatic imine (C=N–C) groups is 1. The van der Waals surface area contributed by atoms with Crippen LogP contribution in [0.5, 0.6) is 11.5 Å². The lowest BCUT2D eigenvalue weighted by Gasteiger charge is -2.20. The van der Waals surface area contributed by atoms with E-state index in [1.54, 1.807) is 12.1 Å². The number of hydrogen-bond donors (Lipinski definition) is 2. The number of rotatable bonds is 10. The van der Waals surface area contributed by atoms with E-state index in [0.717, 1.165) is 32.2 Å². The predicted octanol–water partition coefficient (Wildman–Crippen LogP) is 3.14. The zero-order valence-electron chi connectivity index (χ0n) is 17.8. The first-order valence-electron chi connectivity index (χ1n) is 10.4. The van der Waals surface area contributed by atoms with Gasteiger partial charge in [0.15, 0.2) is 5.96 Å². The molecule has 30 heavy (non-hydrogen) atoms. The quantitative estimate of drug-likeness (QED) is 0.342. The first kappa shape index (κ1) is 23.7. The van der Waals surface area contributed by atoms with E-state index in [2.05, 4.69) is 20.4 Å². The second-order valence-electron chi connectivity index (χ2n) is 7.02. The lowest BCUT2D eigenvalue weighted by molar-refractivity contribution is -0.130. The lowest BCUT2D eigenvalue weighted by atomic mass is 10.2. The zero-order valence-corrected chi connectivity index (χ0v) is 17.8. The van der Waals surface area contributed by atoms with Gasteiger partial charge in [-0.05, 0) is 44.4 Å². The predicted molar refractivity (Wildman–Crippen MR) is 112 cm³/mol. The summed E-state index contributed by atoms with van der Waals surface area (Å²) in [4.78, 5) is 18.5. The molecule has 0 radical (unpaired) electrons.